The highest BCUT2D eigenvalue weighted by atomic mass is 32.2. The minimum absolute atomic E-state index is 0.0464. The lowest BCUT2D eigenvalue weighted by Gasteiger charge is -2.45. The van der Waals surface area contributed by atoms with E-state index in [1.165, 1.54) is 29.5 Å². The lowest BCUT2D eigenvalue weighted by atomic mass is 9.99. The molecule has 0 radical (unpaired) electrons. The third-order valence-corrected chi connectivity index (χ3v) is 7.95. The van der Waals surface area contributed by atoms with E-state index in [0.29, 0.717) is 12.4 Å². The van der Waals surface area contributed by atoms with E-state index in [2.05, 4.69) is 6.92 Å². The number of piperazine rings is 1. The second-order valence-electron chi connectivity index (χ2n) is 8.06. The smallest absolute Gasteiger partial charge is 0.326 e. The molecule has 1 aliphatic rings. The summed E-state index contributed by atoms with van der Waals surface area (Å²) < 4.78 is 33.4. The largest absolute Gasteiger partial charge is 0.489 e. The van der Waals surface area contributed by atoms with Crippen LogP contribution in [0.2, 0.25) is 0 Å². The summed E-state index contributed by atoms with van der Waals surface area (Å²) in [7, 11) is -4.14. The van der Waals surface area contributed by atoms with Crippen LogP contribution in [0.25, 0.3) is 0 Å². The number of benzene rings is 2. The zero-order valence-electron chi connectivity index (χ0n) is 18.7. The molecule has 0 spiro atoms. The summed E-state index contributed by atoms with van der Waals surface area (Å²) >= 11 is 0. The number of aryl methyl sites for hydroxylation is 1. The van der Waals surface area contributed by atoms with E-state index >= 15 is 0 Å². The van der Waals surface area contributed by atoms with Crippen LogP contribution in [-0.4, -0.2) is 66.3 Å². The number of carboxylic acid groups (broad SMARTS) is 1. The summed E-state index contributed by atoms with van der Waals surface area (Å²) in [4.78, 5) is 25.3. The van der Waals surface area contributed by atoms with Crippen LogP contribution < -0.4 is 10.5 Å². The van der Waals surface area contributed by atoms with E-state index in [1.54, 1.807) is 12.1 Å². The van der Waals surface area contributed by atoms with Gasteiger partial charge in [-0.15, -0.1) is 0 Å². The average molecular weight is 476 g/mol. The summed E-state index contributed by atoms with van der Waals surface area (Å²) in [5, 5.41) is 9.82. The topological polar surface area (TPSA) is 130 Å². The maximum absolute atomic E-state index is 13.3. The second-order valence-corrected chi connectivity index (χ2v) is 9.92. The minimum Gasteiger partial charge on any atom is -0.489 e. The Morgan fingerprint density at radius 2 is 1.73 bits per heavy atom. The summed E-state index contributed by atoms with van der Waals surface area (Å²) in [6, 6.07) is 13.8. The SMILES string of the molecule is CCc1ccccc1COc1ccc(S(=O)(=O)N2CCN(C(=O)CN)CC2(C)C(=O)O)cc1. The van der Waals surface area contributed by atoms with E-state index in [4.69, 9.17) is 10.5 Å². The molecule has 1 unspecified atom stereocenters. The van der Waals surface area contributed by atoms with Crippen molar-refractivity contribution in [1.82, 2.24) is 9.21 Å². The predicted molar refractivity (Wildman–Crippen MR) is 122 cm³/mol. The van der Waals surface area contributed by atoms with Gasteiger partial charge in [-0.25, -0.2) is 8.42 Å². The number of amides is 1. The van der Waals surface area contributed by atoms with Gasteiger partial charge in [-0.2, -0.15) is 4.31 Å². The fourth-order valence-corrected chi connectivity index (χ4v) is 5.65. The van der Waals surface area contributed by atoms with Crippen molar-refractivity contribution in [2.45, 2.75) is 37.3 Å². The Hall–Kier alpha value is -2.95. The Morgan fingerprint density at radius 3 is 2.30 bits per heavy atom. The van der Waals surface area contributed by atoms with Crippen molar-refractivity contribution in [1.29, 1.82) is 0 Å². The molecular weight excluding hydrogens is 446 g/mol. The summed E-state index contributed by atoms with van der Waals surface area (Å²) in [6.07, 6.45) is 0.878. The number of carbonyl (C=O) groups excluding carboxylic acids is 1. The molecular formula is C23H29N3O6S. The molecule has 0 aromatic heterocycles. The van der Waals surface area contributed by atoms with Crippen molar-refractivity contribution in [3.63, 3.8) is 0 Å². The van der Waals surface area contributed by atoms with Gasteiger partial charge in [-0.3, -0.25) is 9.59 Å². The molecule has 1 atom stereocenters. The zero-order valence-corrected chi connectivity index (χ0v) is 19.5. The summed E-state index contributed by atoms with van der Waals surface area (Å²) in [6.45, 7) is 3.08. The molecule has 1 aliphatic heterocycles. The maximum atomic E-state index is 13.3. The average Bonchev–Trinajstić information content (AvgIpc) is 2.82. The molecule has 2 aromatic rings. The number of aliphatic carboxylic acids is 1. The Labute approximate surface area is 193 Å². The van der Waals surface area contributed by atoms with E-state index in [1.807, 2.05) is 24.3 Å². The van der Waals surface area contributed by atoms with Gasteiger partial charge < -0.3 is 20.5 Å². The fourth-order valence-electron chi connectivity index (χ4n) is 3.93. The molecule has 2 aromatic carbocycles. The van der Waals surface area contributed by atoms with E-state index in [0.717, 1.165) is 16.3 Å². The minimum atomic E-state index is -4.14. The van der Waals surface area contributed by atoms with Gasteiger partial charge in [0, 0.05) is 13.1 Å². The lowest BCUT2D eigenvalue weighted by Crippen LogP contribution is -2.67. The number of hydrogen-bond donors (Lipinski definition) is 2. The molecule has 10 heteroatoms. The van der Waals surface area contributed by atoms with Crippen molar-refractivity contribution in [2.75, 3.05) is 26.2 Å². The standard InChI is InChI=1S/C23H29N3O6S/c1-3-17-6-4-5-7-18(17)15-32-19-8-10-20(11-9-19)33(30,31)26-13-12-25(21(27)14-24)16-23(26,2)22(28)29/h4-11H,3,12-16,24H2,1-2H3,(H,28,29). The molecule has 9 nitrogen and oxygen atoms in total. The zero-order chi connectivity index (χ0) is 24.2. The van der Waals surface area contributed by atoms with Crippen molar-refractivity contribution in [3.05, 3.63) is 59.7 Å². The van der Waals surface area contributed by atoms with Gasteiger partial charge >= 0.3 is 5.97 Å². The first-order valence-corrected chi connectivity index (χ1v) is 12.1. The molecule has 1 fully saturated rings. The van der Waals surface area contributed by atoms with Crippen LogP contribution in [0.15, 0.2) is 53.4 Å². The van der Waals surface area contributed by atoms with Gasteiger partial charge in [0.15, 0.2) is 0 Å². The fraction of sp³-hybridized carbons (Fsp3) is 0.391. The van der Waals surface area contributed by atoms with E-state index < -0.39 is 27.4 Å². The van der Waals surface area contributed by atoms with Gasteiger partial charge in [0.25, 0.3) is 0 Å². The third-order valence-electron chi connectivity index (χ3n) is 5.92. The Morgan fingerprint density at radius 1 is 1.09 bits per heavy atom. The van der Waals surface area contributed by atoms with Crippen LogP contribution in [0.3, 0.4) is 0 Å². The number of hydrogen-bond acceptors (Lipinski definition) is 6. The predicted octanol–water partition coefficient (Wildman–Crippen LogP) is 1.46. The Balaban J connectivity index is 1.79. The van der Waals surface area contributed by atoms with Crippen LogP contribution >= 0.6 is 0 Å². The van der Waals surface area contributed by atoms with Crippen molar-refractivity contribution >= 4 is 21.9 Å². The molecule has 33 heavy (non-hydrogen) atoms. The number of carboxylic acids is 1. The number of nitrogens with two attached hydrogens (primary N) is 1. The van der Waals surface area contributed by atoms with Crippen LogP contribution in [0.5, 0.6) is 5.75 Å². The van der Waals surface area contributed by atoms with Crippen molar-refractivity contribution < 1.29 is 27.9 Å². The number of rotatable bonds is 8. The number of carbonyl (C=O) groups is 2. The molecule has 1 amide bonds. The van der Waals surface area contributed by atoms with Crippen LogP contribution in [0, 0.1) is 0 Å². The third kappa shape index (κ3) is 5.02. The molecule has 0 aliphatic carbocycles. The van der Waals surface area contributed by atoms with Gasteiger partial charge in [0.2, 0.25) is 15.9 Å². The first-order chi connectivity index (χ1) is 15.6. The highest BCUT2D eigenvalue weighted by Crippen LogP contribution is 2.30. The number of ether oxygens (including phenoxy) is 1. The van der Waals surface area contributed by atoms with Crippen LogP contribution in [0.4, 0.5) is 0 Å². The summed E-state index contributed by atoms with van der Waals surface area (Å²) in [5.41, 5.74) is 5.80. The molecule has 0 bridgehead atoms. The highest BCUT2D eigenvalue weighted by molar-refractivity contribution is 7.89. The lowest BCUT2D eigenvalue weighted by molar-refractivity contribution is -0.153. The maximum Gasteiger partial charge on any atom is 0.326 e. The Bertz CT molecular complexity index is 1120. The molecule has 1 saturated heterocycles. The molecule has 3 rings (SSSR count). The quantitative estimate of drug-likeness (QED) is 0.591. The summed E-state index contributed by atoms with van der Waals surface area (Å²) in [5.74, 6) is -1.26. The van der Waals surface area contributed by atoms with Gasteiger partial charge in [0.1, 0.15) is 17.9 Å². The van der Waals surface area contributed by atoms with Crippen LogP contribution in [0.1, 0.15) is 25.0 Å². The van der Waals surface area contributed by atoms with Crippen molar-refractivity contribution in [3.8, 4) is 5.75 Å². The Kier molecular flexibility index (Phi) is 7.41. The molecule has 0 saturated carbocycles. The molecule has 3 N–H and O–H groups in total. The number of nitrogens with zero attached hydrogens (tertiary/aromatic N) is 2. The first-order valence-electron chi connectivity index (χ1n) is 10.7. The second kappa shape index (κ2) is 9.90. The highest BCUT2D eigenvalue weighted by Gasteiger charge is 2.50. The van der Waals surface area contributed by atoms with E-state index in [-0.39, 0.29) is 31.1 Å². The molecule has 178 valence electrons. The number of sulfonamides is 1. The van der Waals surface area contributed by atoms with E-state index in [9.17, 15) is 23.1 Å². The van der Waals surface area contributed by atoms with Gasteiger partial charge in [-0.1, -0.05) is 31.2 Å². The monoisotopic (exact) mass is 475 g/mol. The van der Waals surface area contributed by atoms with Crippen molar-refractivity contribution in [2.24, 2.45) is 5.73 Å². The first kappa shape index (κ1) is 24.7. The van der Waals surface area contributed by atoms with Gasteiger partial charge in [-0.05, 0) is 48.7 Å². The van der Waals surface area contributed by atoms with Gasteiger partial charge in [0.05, 0.1) is 18.0 Å². The van der Waals surface area contributed by atoms with Crippen LogP contribution in [-0.2, 0) is 32.6 Å². The normalized spacial score (nSPS) is 19.3. The molecule has 1 heterocycles.